The Kier molecular flexibility index (Phi) is 5.71. The van der Waals surface area contributed by atoms with E-state index >= 15 is 0 Å². The molecule has 0 fully saturated rings. The predicted molar refractivity (Wildman–Crippen MR) is 106 cm³/mol. The van der Waals surface area contributed by atoms with Crippen molar-refractivity contribution in [2.24, 2.45) is 0 Å². The summed E-state index contributed by atoms with van der Waals surface area (Å²) in [7, 11) is -2.56. The molecule has 1 heterocycles. The number of hydrogen-bond acceptors (Lipinski definition) is 7. The second kappa shape index (κ2) is 8.06. The first-order valence-corrected chi connectivity index (χ1v) is 10.1. The fraction of sp³-hybridized carbons (Fsp3) is 0.200. The average Bonchev–Trinajstić information content (AvgIpc) is 2.66. The molecule has 0 aliphatic heterocycles. The van der Waals surface area contributed by atoms with Gasteiger partial charge in [-0.05, 0) is 50.2 Å². The molecular weight excluding hydrogens is 398 g/mol. The van der Waals surface area contributed by atoms with Gasteiger partial charge in [-0.25, -0.2) is 22.7 Å². The van der Waals surface area contributed by atoms with Gasteiger partial charge in [0.1, 0.15) is 22.0 Å². The molecule has 1 aromatic heterocycles. The van der Waals surface area contributed by atoms with Crippen LogP contribution in [0.3, 0.4) is 0 Å². The van der Waals surface area contributed by atoms with Gasteiger partial charge >= 0.3 is 11.6 Å². The highest BCUT2D eigenvalue weighted by Crippen LogP contribution is 2.26. The monoisotopic (exact) mass is 417 g/mol. The van der Waals surface area contributed by atoms with E-state index in [1.54, 1.807) is 32.0 Å². The molecule has 2 aromatic carbocycles. The molecule has 0 saturated carbocycles. The summed E-state index contributed by atoms with van der Waals surface area (Å²) in [4.78, 5) is 23.7. The lowest BCUT2D eigenvalue weighted by atomic mass is 10.2. The minimum absolute atomic E-state index is 0.0181. The van der Waals surface area contributed by atoms with Crippen molar-refractivity contribution in [3.8, 4) is 11.5 Å². The Morgan fingerprint density at radius 3 is 2.48 bits per heavy atom. The van der Waals surface area contributed by atoms with Crippen LogP contribution in [0.2, 0.25) is 0 Å². The molecule has 0 bridgehead atoms. The van der Waals surface area contributed by atoms with Crippen LogP contribution in [0, 0.1) is 0 Å². The minimum Gasteiger partial charge on any atom is -0.495 e. The van der Waals surface area contributed by atoms with Crippen molar-refractivity contribution in [1.82, 2.24) is 4.72 Å². The number of rotatable bonds is 6. The zero-order chi connectivity index (χ0) is 21.2. The van der Waals surface area contributed by atoms with Gasteiger partial charge < -0.3 is 13.9 Å². The first-order chi connectivity index (χ1) is 13.7. The molecule has 0 unspecified atom stereocenters. The maximum atomic E-state index is 12.5. The van der Waals surface area contributed by atoms with Crippen LogP contribution in [0.25, 0.3) is 11.0 Å². The molecule has 29 heavy (non-hydrogen) atoms. The number of nitrogens with one attached hydrogen (secondary N) is 1. The molecule has 8 nitrogen and oxygen atoms in total. The Morgan fingerprint density at radius 2 is 1.79 bits per heavy atom. The van der Waals surface area contributed by atoms with Crippen molar-refractivity contribution in [2.45, 2.75) is 24.8 Å². The first-order valence-electron chi connectivity index (χ1n) is 8.66. The number of hydrogen-bond donors (Lipinski definition) is 1. The van der Waals surface area contributed by atoms with E-state index in [-0.39, 0.29) is 33.6 Å². The summed E-state index contributed by atoms with van der Waals surface area (Å²) in [6, 6.07) is 11.1. The van der Waals surface area contributed by atoms with E-state index in [4.69, 9.17) is 13.9 Å². The van der Waals surface area contributed by atoms with Crippen molar-refractivity contribution in [3.05, 3.63) is 64.5 Å². The zero-order valence-corrected chi connectivity index (χ0v) is 16.8. The minimum atomic E-state index is -3.90. The fourth-order valence-corrected chi connectivity index (χ4v) is 4.10. The van der Waals surface area contributed by atoms with Crippen LogP contribution in [-0.2, 0) is 10.0 Å². The second-order valence-electron chi connectivity index (χ2n) is 6.49. The highest BCUT2D eigenvalue weighted by Gasteiger charge is 2.23. The molecule has 0 saturated heterocycles. The largest absolute Gasteiger partial charge is 0.495 e. The van der Waals surface area contributed by atoms with Crippen LogP contribution >= 0.6 is 0 Å². The highest BCUT2D eigenvalue weighted by atomic mass is 32.2. The fourth-order valence-electron chi connectivity index (χ4n) is 2.66. The quantitative estimate of drug-likeness (QED) is 0.373. The van der Waals surface area contributed by atoms with Crippen molar-refractivity contribution in [3.63, 3.8) is 0 Å². The summed E-state index contributed by atoms with van der Waals surface area (Å²) in [5.74, 6) is -0.522. The molecule has 0 spiro atoms. The van der Waals surface area contributed by atoms with Crippen LogP contribution < -0.4 is 19.8 Å². The van der Waals surface area contributed by atoms with E-state index in [1.807, 2.05) is 0 Å². The normalized spacial score (nSPS) is 11.6. The number of methoxy groups -OCH3 is 1. The molecule has 0 atom stereocenters. The molecule has 0 radical (unpaired) electrons. The van der Waals surface area contributed by atoms with Gasteiger partial charge in [-0.1, -0.05) is 0 Å². The first kappa shape index (κ1) is 20.6. The smallest absolute Gasteiger partial charge is 0.343 e. The van der Waals surface area contributed by atoms with Crippen LogP contribution in [0.15, 0.2) is 62.6 Å². The highest BCUT2D eigenvalue weighted by molar-refractivity contribution is 7.89. The number of benzene rings is 2. The molecular formula is C20H19NO7S. The van der Waals surface area contributed by atoms with Crippen LogP contribution in [0.5, 0.6) is 11.5 Å². The van der Waals surface area contributed by atoms with Crippen molar-refractivity contribution >= 4 is 27.0 Å². The number of carbonyl (C=O) groups excluding carboxylic acids is 1. The number of fused-ring (bicyclic) bond motifs is 1. The van der Waals surface area contributed by atoms with Gasteiger partial charge in [0.15, 0.2) is 0 Å². The van der Waals surface area contributed by atoms with Crippen molar-refractivity contribution in [2.75, 3.05) is 7.11 Å². The Hall–Kier alpha value is -3.17. The molecule has 1 N–H and O–H groups in total. The topological polar surface area (TPSA) is 112 Å². The van der Waals surface area contributed by atoms with Crippen LogP contribution in [0.4, 0.5) is 0 Å². The van der Waals surface area contributed by atoms with Crippen LogP contribution in [0.1, 0.15) is 24.2 Å². The predicted octanol–water partition coefficient (Wildman–Crippen LogP) is 2.71. The van der Waals surface area contributed by atoms with Crippen molar-refractivity contribution in [1.29, 1.82) is 0 Å². The van der Waals surface area contributed by atoms with E-state index < -0.39 is 21.6 Å². The van der Waals surface area contributed by atoms with E-state index in [1.165, 1.54) is 37.4 Å². The second-order valence-corrected chi connectivity index (χ2v) is 8.17. The molecule has 0 amide bonds. The van der Waals surface area contributed by atoms with Gasteiger partial charge in [-0.15, -0.1) is 0 Å². The molecule has 9 heteroatoms. The van der Waals surface area contributed by atoms with Crippen LogP contribution in [-0.4, -0.2) is 27.5 Å². The standard InChI is InChI=1S/C20H19NO7S/c1-12(2)21-29(24,25)18-10-14(5-8-16(18)26-3)20(23)27-15-7-4-13-6-9-19(22)28-17(13)11-15/h4-12,21H,1-3H3. The van der Waals surface area contributed by atoms with Gasteiger partial charge in [0, 0.05) is 23.6 Å². The molecule has 3 rings (SSSR count). The lowest BCUT2D eigenvalue weighted by molar-refractivity contribution is 0.0734. The molecule has 0 aliphatic carbocycles. The SMILES string of the molecule is COc1ccc(C(=O)Oc2ccc3ccc(=O)oc3c2)cc1S(=O)(=O)NC(C)C. The van der Waals surface area contributed by atoms with E-state index in [2.05, 4.69) is 4.72 Å². The summed E-state index contributed by atoms with van der Waals surface area (Å²) in [5.41, 5.74) is -0.241. The number of ether oxygens (including phenoxy) is 2. The molecule has 3 aromatic rings. The molecule has 152 valence electrons. The third-order valence-corrected chi connectivity index (χ3v) is 5.56. The lowest BCUT2D eigenvalue weighted by Gasteiger charge is -2.14. The average molecular weight is 417 g/mol. The van der Waals surface area contributed by atoms with Gasteiger partial charge in [0.25, 0.3) is 0 Å². The van der Waals surface area contributed by atoms with Gasteiger partial charge in [0.2, 0.25) is 10.0 Å². The summed E-state index contributed by atoms with van der Waals surface area (Å²) < 4.78 is 43.0. The number of carbonyl (C=O) groups is 1. The van der Waals surface area contributed by atoms with Crippen molar-refractivity contribution < 1.29 is 27.1 Å². The Bertz CT molecular complexity index is 1230. The summed E-state index contributed by atoms with van der Waals surface area (Å²) in [6.45, 7) is 3.36. The summed E-state index contributed by atoms with van der Waals surface area (Å²) in [6.07, 6.45) is 0. The van der Waals surface area contributed by atoms with E-state index in [0.717, 1.165) is 0 Å². The van der Waals surface area contributed by atoms with E-state index in [0.29, 0.717) is 5.39 Å². The molecule has 0 aliphatic rings. The Balaban J connectivity index is 1.93. The number of esters is 1. The summed E-state index contributed by atoms with van der Waals surface area (Å²) >= 11 is 0. The summed E-state index contributed by atoms with van der Waals surface area (Å²) in [5, 5.41) is 0.669. The number of sulfonamides is 1. The zero-order valence-electron chi connectivity index (χ0n) is 16.0. The Labute approximate surface area is 167 Å². The third kappa shape index (κ3) is 4.64. The van der Waals surface area contributed by atoms with Gasteiger partial charge in [0.05, 0.1) is 12.7 Å². The maximum absolute atomic E-state index is 12.5. The third-order valence-electron chi connectivity index (χ3n) is 3.88. The maximum Gasteiger partial charge on any atom is 0.343 e. The van der Waals surface area contributed by atoms with E-state index in [9.17, 15) is 18.0 Å². The van der Waals surface area contributed by atoms with Gasteiger partial charge in [-0.2, -0.15) is 0 Å². The van der Waals surface area contributed by atoms with Gasteiger partial charge in [-0.3, -0.25) is 0 Å². The Morgan fingerprint density at radius 1 is 1.07 bits per heavy atom. The lowest BCUT2D eigenvalue weighted by Crippen LogP contribution is -2.30.